The Morgan fingerprint density at radius 2 is 1.74 bits per heavy atom. The average Bonchev–Trinajstić information content (AvgIpc) is 2.54. The Morgan fingerprint density at radius 3 is 2.30 bits per heavy atom. The van der Waals surface area contributed by atoms with Crippen LogP contribution < -0.4 is 5.32 Å². The fourth-order valence-corrected chi connectivity index (χ4v) is 2.65. The molecule has 1 aliphatic rings. The van der Waals surface area contributed by atoms with Crippen LogP contribution in [0.4, 0.5) is 5.69 Å². The molecule has 0 bridgehead atoms. The lowest BCUT2D eigenvalue weighted by Gasteiger charge is -2.37. The fraction of sp³-hybridized carbons (Fsp3) is 0.471. The summed E-state index contributed by atoms with van der Waals surface area (Å²) in [5.41, 5.74) is 1.20. The van der Waals surface area contributed by atoms with Crippen molar-refractivity contribution in [2.45, 2.75) is 26.8 Å². The van der Waals surface area contributed by atoms with Crippen molar-refractivity contribution in [2.24, 2.45) is 0 Å². The minimum atomic E-state index is -0.287. The van der Waals surface area contributed by atoms with Crippen molar-refractivity contribution >= 4 is 23.3 Å². The quantitative estimate of drug-likeness (QED) is 0.852. The largest absolute Gasteiger partial charge is 0.340 e. The number of amides is 2. The molecule has 0 unspecified atom stereocenters. The summed E-state index contributed by atoms with van der Waals surface area (Å²) >= 11 is 0. The van der Waals surface area contributed by atoms with Crippen molar-refractivity contribution in [2.75, 3.05) is 31.5 Å². The molecule has 1 N–H and O–H groups in total. The lowest BCUT2D eigenvalue weighted by atomic mass is 10.1. The van der Waals surface area contributed by atoms with E-state index in [0.29, 0.717) is 37.4 Å². The summed E-state index contributed by atoms with van der Waals surface area (Å²) in [5, 5.41) is 2.85. The molecule has 23 heavy (non-hydrogen) atoms. The third-order valence-electron chi connectivity index (χ3n) is 4.22. The second-order valence-corrected chi connectivity index (χ2v) is 5.84. The van der Waals surface area contributed by atoms with E-state index in [1.165, 1.54) is 6.92 Å². The number of Topliss-reactive ketones (excluding diaryl/α,β-unsaturated/α-hetero) is 1. The molecule has 1 aromatic rings. The topological polar surface area (TPSA) is 69.7 Å². The molecule has 0 aliphatic carbocycles. The number of ketones is 1. The van der Waals surface area contributed by atoms with Crippen LogP contribution in [0, 0.1) is 0 Å². The van der Waals surface area contributed by atoms with E-state index in [1.54, 1.807) is 36.1 Å². The van der Waals surface area contributed by atoms with Gasteiger partial charge in [-0.05, 0) is 26.0 Å². The number of hydrogen-bond acceptors (Lipinski definition) is 4. The Morgan fingerprint density at radius 1 is 1.09 bits per heavy atom. The van der Waals surface area contributed by atoms with Crippen molar-refractivity contribution in [1.29, 1.82) is 0 Å². The van der Waals surface area contributed by atoms with E-state index in [0.717, 1.165) is 0 Å². The number of carbonyl (C=O) groups excluding carboxylic acids is 3. The zero-order valence-electron chi connectivity index (χ0n) is 13.8. The van der Waals surface area contributed by atoms with Gasteiger partial charge in [-0.3, -0.25) is 19.3 Å². The van der Waals surface area contributed by atoms with E-state index in [2.05, 4.69) is 10.2 Å². The maximum absolute atomic E-state index is 12.4. The molecule has 1 aliphatic heterocycles. The van der Waals surface area contributed by atoms with Gasteiger partial charge in [0.1, 0.15) is 0 Å². The summed E-state index contributed by atoms with van der Waals surface area (Å²) in [6, 6.07) is 6.64. The van der Waals surface area contributed by atoms with Gasteiger partial charge in [0.15, 0.2) is 5.78 Å². The Hall–Kier alpha value is -2.21. The van der Waals surface area contributed by atoms with Crippen molar-refractivity contribution in [1.82, 2.24) is 9.80 Å². The number of hydrogen-bond donors (Lipinski definition) is 1. The predicted octanol–water partition coefficient (Wildman–Crippen LogP) is 1.38. The summed E-state index contributed by atoms with van der Waals surface area (Å²) in [5.74, 6) is -0.0701. The number of nitrogens with one attached hydrogen (secondary N) is 1. The lowest BCUT2D eigenvalue weighted by Crippen LogP contribution is -2.53. The number of anilines is 1. The highest BCUT2D eigenvalue weighted by atomic mass is 16.2. The van der Waals surface area contributed by atoms with E-state index in [4.69, 9.17) is 0 Å². The Bertz CT molecular complexity index is 607. The Balaban J connectivity index is 1.94. The first-order chi connectivity index (χ1) is 10.9. The van der Waals surface area contributed by atoms with Crippen molar-refractivity contribution in [3.63, 3.8) is 0 Å². The fourth-order valence-electron chi connectivity index (χ4n) is 2.65. The number of carbonyl (C=O) groups is 3. The maximum Gasteiger partial charge on any atom is 0.241 e. The molecule has 1 saturated heterocycles. The van der Waals surface area contributed by atoms with Gasteiger partial charge in [0.05, 0.1) is 6.04 Å². The van der Waals surface area contributed by atoms with Crippen LogP contribution in [0.5, 0.6) is 0 Å². The molecule has 0 spiro atoms. The SMILES string of the molecule is CC(=O)c1cccc(NC(=O)[C@@H](C)N2CCN(C(C)=O)CC2)c1. The van der Waals surface area contributed by atoms with Gasteiger partial charge in [-0.2, -0.15) is 0 Å². The number of benzene rings is 1. The second-order valence-electron chi connectivity index (χ2n) is 5.84. The Kier molecular flexibility index (Phi) is 5.50. The van der Waals surface area contributed by atoms with E-state index in [1.807, 2.05) is 6.92 Å². The molecule has 6 nitrogen and oxygen atoms in total. The highest BCUT2D eigenvalue weighted by Crippen LogP contribution is 2.13. The minimum absolute atomic E-state index is 0.0329. The van der Waals surface area contributed by atoms with Crippen LogP contribution in [0.15, 0.2) is 24.3 Å². The van der Waals surface area contributed by atoms with Crippen LogP contribution >= 0.6 is 0 Å². The molecule has 1 atom stereocenters. The zero-order valence-corrected chi connectivity index (χ0v) is 13.8. The van der Waals surface area contributed by atoms with Gasteiger partial charge in [-0.25, -0.2) is 0 Å². The molecule has 1 fully saturated rings. The predicted molar refractivity (Wildman–Crippen MR) is 88.4 cm³/mol. The van der Waals surface area contributed by atoms with Crippen LogP contribution in [0.3, 0.4) is 0 Å². The lowest BCUT2D eigenvalue weighted by molar-refractivity contribution is -0.131. The summed E-state index contributed by atoms with van der Waals surface area (Å²) < 4.78 is 0. The Labute approximate surface area is 136 Å². The van der Waals surface area contributed by atoms with Crippen molar-refractivity contribution in [3.05, 3.63) is 29.8 Å². The summed E-state index contributed by atoms with van der Waals surface area (Å²) in [6.45, 7) is 7.57. The van der Waals surface area contributed by atoms with Gasteiger partial charge < -0.3 is 10.2 Å². The molecule has 0 saturated carbocycles. The molecule has 1 aromatic carbocycles. The number of rotatable bonds is 4. The van der Waals surface area contributed by atoms with Gasteiger partial charge in [-0.15, -0.1) is 0 Å². The maximum atomic E-state index is 12.4. The molecule has 124 valence electrons. The summed E-state index contributed by atoms with van der Waals surface area (Å²) in [7, 11) is 0. The van der Waals surface area contributed by atoms with Gasteiger partial charge in [0.2, 0.25) is 11.8 Å². The molecule has 6 heteroatoms. The molecule has 1 heterocycles. The van der Waals surface area contributed by atoms with Crippen LogP contribution in [-0.4, -0.2) is 59.6 Å². The van der Waals surface area contributed by atoms with Crippen molar-refractivity contribution < 1.29 is 14.4 Å². The first-order valence-electron chi connectivity index (χ1n) is 7.80. The van der Waals surface area contributed by atoms with Crippen LogP contribution in [0.25, 0.3) is 0 Å². The normalized spacial score (nSPS) is 16.7. The zero-order chi connectivity index (χ0) is 17.0. The van der Waals surface area contributed by atoms with Crippen LogP contribution in [0.1, 0.15) is 31.1 Å². The smallest absolute Gasteiger partial charge is 0.241 e. The second kappa shape index (κ2) is 7.37. The van der Waals surface area contributed by atoms with E-state index < -0.39 is 0 Å². The van der Waals surface area contributed by atoms with E-state index >= 15 is 0 Å². The number of nitrogens with zero attached hydrogens (tertiary/aromatic N) is 2. The molecule has 0 aromatic heterocycles. The molecular formula is C17H23N3O3. The van der Waals surface area contributed by atoms with E-state index in [-0.39, 0.29) is 23.6 Å². The number of piperazine rings is 1. The molecule has 2 rings (SSSR count). The molecular weight excluding hydrogens is 294 g/mol. The standard InChI is InChI=1S/C17H23N3O3/c1-12(19-7-9-20(10-8-19)14(3)22)17(23)18-16-6-4-5-15(11-16)13(2)21/h4-6,11-12H,7-10H2,1-3H3,(H,18,23)/t12-/m1/s1. The van der Waals surface area contributed by atoms with Crippen LogP contribution in [-0.2, 0) is 9.59 Å². The molecule has 0 radical (unpaired) electrons. The molecule has 2 amide bonds. The average molecular weight is 317 g/mol. The van der Waals surface area contributed by atoms with E-state index in [9.17, 15) is 14.4 Å². The monoisotopic (exact) mass is 317 g/mol. The summed E-state index contributed by atoms with van der Waals surface area (Å²) in [4.78, 5) is 39.0. The van der Waals surface area contributed by atoms with Crippen LogP contribution in [0.2, 0.25) is 0 Å². The van der Waals surface area contributed by atoms with Gasteiger partial charge >= 0.3 is 0 Å². The van der Waals surface area contributed by atoms with Gasteiger partial charge in [0.25, 0.3) is 0 Å². The third-order valence-corrected chi connectivity index (χ3v) is 4.22. The highest BCUT2D eigenvalue weighted by molar-refractivity contribution is 5.98. The van der Waals surface area contributed by atoms with Gasteiger partial charge in [-0.1, -0.05) is 12.1 Å². The third kappa shape index (κ3) is 4.39. The highest BCUT2D eigenvalue weighted by Gasteiger charge is 2.26. The first-order valence-corrected chi connectivity index (χ1v) is 7.80. The van der Waals surface area contributed by atoms with Crippen molar-refractivity contribution in [3.8, 4) is 0 Å². The van der Waals surface area contributed by atoms with Gasteiger partial charge in [0, 0.05) is 44.4 Å². The first kappa shape index (κ1) is 17.1. The summed E-state index contributed by atoms with van der Waals surface area (Å²) in [6.07, 6.45) is 0. The minimum Gasteiger partial charge on any atom is -0.340 e.